The van der Waals surface area contributed by atoms with Gasteiger partial charge < -0.3 is 10.6 Å². The topological polar surface area (TPSA) is 44.9 Å². The van der Waals surface area contributed by atoms with Gasteiger partial charge >= 0.3 is 0 Å². The summed E-state index contributed by atoms with van der Waals surface area (Å²) in [6, 6.07) is 0.702. The Bertz CT molecular complexity index is 366. The molecule has 3 heterocycles. The third-order valence-electron chi connectivity index (χ3n) is 3.95. The first kappa shape index (κ1) is 11.4. The minimum atomic E-state index is -0.0356. The standard InChI is InChI=1S/C12H19ClN4/c13-9-6-11(14)12(15-7-9)17-5-4-16-3-1-2-10(16)8-17/h7,9-10H,1-6,8,14H2. The van der Waals surface area contributed by atoms with Crippen molar-refractivity contribution in [1.29, 1.82) is 0 Å². The molecule has 0 bridgehead atoms. The second-order valence-electron chi connectivity index (χ2n) is 5.13. The van der Waals surface area contributed by atoms with Crippen molar-refractivity contribution in [2.45, 2.75) is 30.7 Å². The maximum Gasteiger partial charge on any atom is 0.147 e. The normalized spacial score (nSPS) is 34.3. The van der Waals surface area contributed by atoms with Crippen LogP contribution in [0.1, 0.15) is 19.3 Å². The predicted molar refractivity (Wildman–Crippen MR) is 70.1 cm³/mol. The van der Waals surface area contributed by atoms with Crippen molar-refractivity contribution in [1.82, 2.24) is 9.80 Å². The summed E-state index contributed by atoms with van der Waals surface area (Å²) < 4.78 is 0. The summed E-state index contributed by atoms with van der Waals surface area (Å²) >= 11 is 6.01. The van der Waals surface area contributed by atoms with E-state index in [1.807, 2.05) is 6.21 Å². The molecule has 2 fully saturated rings. The van der Waals surface area contributed by atoms with Crippen molar-refractivity contribution in [3.63, 3.8) is 0 Å². The number of halogens is 1. The molecule has 2 N–H and O–H groups in total. The van der Waals surface area contributed by atoms with Crippen LogP contribution in [-0.4, -0.2) is 53.6 Å². The van der Waals surface area contributed by atoms with E-state index in [4.69, 9.17) is 17.3 Å². The first-order chi connectivity index (χ1) is 8.24. The van der Waals surface area contributed by atoms with Crippen LogP contribution in [0, 0.1) is 0 Å². The van der Waals surface area contributed by atoms with Gasteiger partial charge in [-0.15, -0.1) is 11.6 Å². The maximum atomic E-state index is 6.06. The van der Waals surface area contributed by atoms with Crippen molar-refractivity contribution < 1.29 is 0 Å². The third-order valence-corrected chi connectivity index (χ3v) is 4.21. The van der Waals surface area contributed by atoms with E-state index in [0.29, 0.717) is 6.04 Å². The molecule has 0 radical (unpaired) electrons. The first-order valence-electron chi connectivity index (χ1n) is 6.40. The molecule has 94 valence electrons. The number of alkyl halides is 1. The quantitative estimate of drug-likeness (QED) is 0.710. The van der Waals surface area contributed by atoms with Gasteiger partial charge in [0.2, 0.25) is 0 Å². The van der Waals surface area contributed by atoms with Gasteiger partial charge in [0.1, 0.15) is 5.82 Å². The number of fused-ring (bicyclic) bond motifs is 1. The summed E-state index contributed by atoms with van der Waals surface area (Å²) in [5.41, 5.74) is 6.91. The highest BCUT2D eigenvalue weighted by Gasteiger charge is 2.32. The fourth-order valence-corrected chi connectivity index (χ4v) is 3.28. The minimum absolute atomic E-state index is 0.0356. The average Bonchev–Trinajstić information content (AvgIpc) is 2.75. The molecule has 0 aromatic rings. The lowest BCUT2D eigenvalue weighted by Gasteiger charge is -2.39. The number of aliphatic imine (C=N–C) groups is 1. The molecule has 3 rings (SSSR count). The third kappa shape index (κ3) is 2.16. The van der Waals surface area contributed by atoms with Crippen LogP contribution in [0.15, 0.2) is 16.5 Å². The number of hydrogen-bond acceptors (Lipinski definition) is 4. The number of rotatable bonds is 1. The lowest BCUT2D eigenvalue weighted by Crippen LogP contribution is -2.50. The second kappa shape index (κ2) is 4.50. The van der Waals surface area contributed by atoms with Gasteiger partial charge in [0.05, 0.1) is 11.1 Å². The molecule has 0 aromatic carbocycles. The molecule has 0 amide bonds. The average molecular weight is 255 g/mol. The van der Waals surface area contributed by atoms with E-state index in [9.17, 15) is 0 Å². The Balaban J connectivity index is 1.73. The molecule has 0 aliphatic carbocycles. The Kier molecular flexibility index (Phi) is 3.01. The van der Waals surface area contributed by atoms with Gasteiger partial charge in [-0.3, -0.25) is 4.90 Å². The highest BCUT2D eigenvalue weighted by atomic mass is 35.5. The summed E-state index contributed by atoms with van der Waals surface area (Å²) in [5, 5.41) is -0.0356. The van der Waals surface area contributed by atoms with Gasteiger partial charge in [0, 0.05) is 38.3 Å². The zero-order valence-electron chi connectivity index (χ0n) is 9.98. The molecule has 0 saturated carbocycles. The number of nitrogens with zero attached hydrogens (tertiary/aromatic N) is 3. The fourth-order valence-electron chi connectivity index (χ4n) is 3.06. The summed E-state index contributed by atoms with van der Waals surface area (Å²) in [4.78, 5) is 9.36. The van der Waals surface area contributed by atoms with Crippen LogP contribution >= 0.6 is 11.6 Å². The number of hydrogen-bond donors (Lipinski definition) is 1. The summed E-state index contributed by atoms with van der Waals surface area (Å²) in [5.74, 6) is 0.966. The Hall–Kier alpha value is -0.740. The van der Waals surface area contributed by atoms with Gasteiger partial charge in [-0.05, 0) is 19.4 Å². The SMILES string of the molecule is NC1=C(N2CCN3CCCC3C2)N=CC(Cl)C1. The Morgan fingerprint density at radius 3 is 3.06 bits per heavy atom. The van der Waals surface area contributed by atoms with E-state index in [1.54, 1.807) is 0 Å². The molecule has 2 unspecified atom stereocenters. The van der Waals surface area contributed by atoms with Crippen LogP contribution in [0.4, 0.5) is 0 Å². The monoisotopic (exact) mass is 254 g/mol. The van der Waals surface area contributed by atoms with Crippen molar-refractivity contribution in [2.75, 3.05) is 26.2 Å². The van der Waals surface area contributed by atoms with Crippen molar-refractivity contribution in [3.05, 3.63) is 11.5 Å². The smallest absolute Gasteiger partial charge is 0.147 e. The predicted octanol–water partition coefficient (Wildman–Crippen LogP) is 0.976. The Morgan fingerprint density at radius 2 is 2.24 bits per heavy atom. The van der Waals surface area contributed by atoms with E-state index >= 15 is 0 Å². The minimum Gasteiger partial charge on any atom is -0.399 e. The molecule has 0 aromatic heterocycles. The van der Waals surface area contributed by atoms with Gasteiger partial charge in [-0.1, -0.05) is 0 Å². The van der Waals surface area contributed by atoms with Gasteiger partial charge in [-0.2, -0.15) is 0 Å². The summed E-state index contributed by atoms with van der Waals surface area (Å²) in [7, 11) is 0. The molecule has 17 heavy (non-hydrogen) atoms. The van der Waals surface area contributed by atoms with E-state index in [0.717, 1.165) is 37.6 Å². The van der Waals surface area contributed by atoms with Crippen LogP contribution in [0.5, 0.6) is 0 Å². The van der Waals surface area contributed by atoms with Crippen LogP contribution in [0.2, 0.25) is 0 Å². The zero-order chi connectivity index (χ0) is 11.8. The maximum absolute atomic E-state index is 6.06. The molecule has 5 heteroatoms. The molecular weight excluding hydrogens is 236 g/mol. The van der Waals surface area contributed by atoms with E-state index < -0.39 is 0 Å². The summed E-state index contributed by atoms with van der Waals surface area (Å²) in [6.45, 7) is 4.51. The number of piperazine rings is 1. The molecule has 2 saturated heterocycles. The van der Waals surface area contributed by atoms with Gasteiger partial charge in [0.25, 0.3) is 0 Å². The molecule has 4 nitrogen and oxygen atoms in total. The highest BCUT2D eigenvalue weighted by Crippen LogP contribution is 2.26. The van der Waals surface area contributed by atoms with Crippen molar-refractivity contribution >= 4 is 17.8 Å². The highest BCUT2D eigenvalue weighted by molar-refractivity contribution is 6.28. The summed E-state index contributed by atoms with van der Waals surface area (Å²) in [6.07, 6.45) is 5.19. The number of nitrogens with two attached hydrogens (primary N) is 1. The van der Waals surface area contributed by atoms with Gasteiger partial charge in [-0.25, -0.2) is 4.99 Å². The van der Waals surface area contributed by atoms with Crippen LogP contribution < -0.4 is 5.73 Å². The van der Waals surface area contributed by atoms with E-state index in [1.165, 1.54) is 19.4 Å². The molecule has 3 aliphatic rings. The van der Waals surface area contributed by atoms with Crippen LogP contribution in [0.3, 0.4) is 0 Å². The molecule has 0 spiro atoms. The van der Waals surface area contributed by atoms with Crippen LogP contribution in [-0.2, 0) is 0 Å². The van der Waals surface area contributed by atoms with Crippen molar-refractivity contribution in [3.8, 4) is 0 Å². The molecular formula is C12H19ClN4. The van der Waals surface area contributed by atoms with E-state index in [2.05, 4.69) is 14.8 Å². The fraction of sp³-hybridized carbons (Fsp3) is 0.750. The van der Waals surface area contributed by atoms with Gasteiger partial charge in [0.15, 0.2) is 0 Å². The second-order valence-corrected chi connectivity index (χ2v) is 5.69. The molecule has 3 aliphatic heterocycles. The largest absolute Gasteiger partial charge is 0.399 e. The van der Waals surface area contributed by atoms with E-state index in [-0.39, 0.29) is 5.38 Å². The Labute approximate surface area is 107 Å². The first-order valence-corrected chi connectivity index (χ1v) is 6.83. The lowest BCUT2D eigenvalue weighted by molar-refractivity contribution is 0.127. The van der Waals surface area contributed by atoms with Crippen LogP contribution in [0.25, 0.3) is 0 Å². The Morgan fingerprint density at radius 1 is 1.35 bits per heavy atom. The molecule has 2 atom stereocenters. The lowest BCUT2D eigenvalue weighted by atomic mass is 10.1. The van der Waals surface area contributed by atoms with Crippen molar-refractivity contribution in [2.24, 2.45) is 10.7 Å². The zero-order valence-corrected chi connectivity index (χ0v) is 10.7. The number of allylic oxidation sites excluding steroid dienone is 1.